The highest BCUT2D eigenvalue weighted by molar-refractivity contribution is 6.31. The van der Waals surface area contributed by atoms with Crippen LogP contribution in [0.15, 0.2) is 24.3 Å². The summed E-state index contributed by atoms with van der Waals surface area (Å²) in [6, 6.07) is 7.09. The number of methoxy groups -OCH3 is 1. The van der Waals surface area contributed by atoms with Crippen LogP contribution in [-0.2, 0) is 12.0 Å². The van der Waals surface area contributed by atoms with Gasteiger partial charge in [-0.25, -0.2) is 4.98 Å². The monoisotopic (exact) mass is 445 g/mol. The smallest absolute Gasteiger partial charge is 0.171 e. The van der Waals surface area contributed by atoms with E-state index >= 15 is 0 Å². The number of aliphatic hydroxyl groups is 1. The number of pyridine rings is 1. The lowest BCUT2D eigenvalue weighted by molar-refractivity contribution is -0.00121. The lowest BCUT2D eigenvalue weighted by Gasteiger charge is -2.28. The van der Waals surface area contributed by atoms with Crippen LogP contribution in [0.3, 0.4) is 0 Å². The summed E-state index contributed by atoms with van der Waals surface area (Å²) in [4.78, 5) is 17.4. The highest BCUT2D eigenvalue weighted by atomic mass is 35.5. The van der Waals surface area contributed by atoms with Gasteiger partial charge in [0.05, 0.1) is 26.0 Å². The van der Waals surface area contributed by atoms with Crippen molar-refractivity contribution in [1.29, 1.82) is 0 Å². The molecular formula is C24H28ClNO5. The fourth-order valence-corrected chi connectivity index (χ4v) is 4.36. The normalized spacial score (nSPS) is 16.9. The number of hydrogen-bond donors (Lipinski definition) is 1. The van der Waals surface area contributed by atoms with Crippen molar-refractivity contribution in [2.24, 2.45) is 5.92 Å². The number of benzene rings is 1. The number of hydrogen-bond acceptors (Lipinski definition) is 6. The van der Waals surface area contributed by atoms with Crippen LogP contribution in [0.25, 0.3) is 0 Å². The van der Waals surface area contributed by atoms with Crippen LogP contribution in [0, 0.1) is 5.92 Å². The van der Waals surface area contributed by atoms with Gasteiger partial charge in [-0.2, -0.15) is 0 Å². The van der Waals surface area contributed by atoms with E-state index in [0.717, 1.165) is 31.2 Å². The molecular weight excluding hydrogens is 418 g/mol. The van der Waals surface area contributed by atoms with Crippen molar-refractivity contribution in [2.45, 2.75) is 51.0 Å². The molecule has 1 fully saturated rings. The summed E-state index contributed by atoms with van der Waals surface area (Å²) in [6.07, 6.45) is 3.94. The Labute approximate surface area is 187 Å². The first kappa shape index (κ1) is 21.9. The number of fused-ring (bicyclic) bond motifs is 1. The van der Waals surface area contributed by atoms with Crippen molar-refractivity contribution in [1.82, 2.24) is 4.98 Å². The summed E-state index contributed by atoms with van der Waals surface area (Å²) in [5, 5.41) is 11.8. The standard InChI is InChI=1S/C24H28ClNO5/c1-3-11-30-19-7-4-15(13-20(19)29-2)18(27)8-10-24(28,17-5-6-17)21-14-16-9-12-31-22(16)23(25)26-21/h4,7,13-14,17,28H,3,5-6,8-12H2,1-2H3. The first-order valence-corrected chi connectivity index (χ1v) is 11.2. The van der Waals surface area contributed by atoms with Gasteiger partial charge in [-0.3, -0.25) is 4.79 Å². The molecule has 1 atom stereocenters. The number of aromatic nitrogens is 1. The van der Waals surface area contributed by atoms with E-state index in [-0.39, 0.29) is 29.7 Å². The van der Waals surface area contributed by atoms with Gasteiger partial charge in [-0.05, 0) is 55.9 Å². The molecule has 0 amide bonds. The average molecular weight is 446 g/mol. The van der Waals surface area contributed by atoms with Crippen molar-refractivity contribution in [3.05, 3.63) is 46.2 Å². The summed E-state index contributed by atoms with van der Waals surface area (Å²) in [6.45, 7) is 3.18. The minimum Gasteiger partial charge on any atom is -0.493 e. The molecule has 1 aliphatic carbocycles. The van der Waals surface area contributed by atoms with Crippen molar-refractivity contribution in [3.63, 3.8) is 0 Å². The Morgan fingerprint density at radius 2 is 2.13 bits per heavy atom. The molecule has 6 nitrogen and oxygen atoms in total. The molecule has 2 aromatic rings. The number of halogens is 1. The van der Waals surface area contributed by atoms with Crippen molar-refractivity contribution in [2.75, 3.05) is 20.3 Å². The number of Topliss-reactive ketones (excluding diaryl/α,β-unsaturated/α-hetero) is 1. The van der Waals surface area contributed by atoms with Gasteiger partial charge < -0.3 is 19.3 Å². The van der Waals surface area contributed by atoms with Gasteiger partial charge in [0.15, 0.2) is 28.2 Å². The van der Waals surface area contributed by atoms with E-state index in [1.54, 1.807) is 25.3 Å². The zero-order valence-electron chi connectivity index (χ0n) is 17.9. The number of carbonyl (C=O) groups excluding carboxylic acids is 1. The van der Waals surface area contributed by atoms with Gasteiger partial charge in [-0.1, -0.05) is 18.5 Å². The summed E-state index contributed by atoms with van der Waals surface area (Å²) in [7, 11) is 1.56. The number of ether oxygens (including phenoxy) is 3. The zero-order chi connectivity index (χ0) is 22.0. The summed E-state index contributed by atoms with van der Waals surface area (Å²) >= 11 is 6.31. The second kappa shape index (κ2) is 9.05. The van der Waals surface area contributed by atoms with E-state index in [0.29, 0.717) is 41.7 Å². The predicted octanol–water partition coefficient (Wildman–Crippen LogP) is 4.73. The second-order valence-electron chi connectivity index (χ2n) is 8.22. The van der Waals surface area contributed by atoms with E-state index in [9.17, 15) is 9.90 Å². The minimum absolute atomic E-state index is 0.0602. The van der Waals surface area contributed by atoms with E-state index in [1.807, 2.05) is 13.0 Å². The maximum absolute atomic E-state index is 12.9. The molecule has 1 unspecified atom stereocenters. The zero-order valence-corrected chi connectivity index (χ0v) is 18.7. The molecule has 7 heteroatoms. The van der Waals surface area contributed by atoms with E-state index < -0.39 is 5.60 Å². The van der Waals surface area contributed by atoms with Crippen LogP contribution < -0.4 is 14.2 Å². The lowest BCUT2D eigenvalue weighted by atomic mass is 9.85. The van der Waals surface area contributed by atoms with Crippen LogP contribution in [0.1, 0.15) is 60.6 Å². The molecule has 0 saturated heterocycles. The molecule has 2 aliphatic rings. The molecule has 1 aromatic carbocycles. The fourth-order valence-electron chi connectivity index (χ4n) is 4.10. The number of ketones is 1. The first-order valence-electron chi connectivity index (χ1n) is 10.9. The largest absolute Gasteiger partial charge is 0.493 e. The SMILES string of the molecule is CCCOc1ccc(C(=O)CCC(O)(c2cc3c(c(Cl)n2)OCC3)C2CC2)cc1OC. The van der Waals surface area contributed by atoms with E-state index in [1.165, 1.54) is 0 Å². The van der Waals surface area contributed by atoms with Gasteiger partial charge in [0.2, 0.25) is 0 Å². The third-order valence-corrected chi connectivity index (χ3v) is 6.26. The highest BCUT2D eigenvalue weighted by Crippen LogP contribution is 2.49. The Morgan fingerprint density at radius 1 is 1.32 bits per heavy atom. The molecule has 0 radical (unpaired) electrons. The topological polar surface area (TPSA) is 77.9 Å². The Morgan fingerprint density at radius 3 is 2.84 bits per heavy atom. The van der Waals surface area contributed by atoms with E-state index in [2.05, 4.69) is 4.98 Å². The number of rotatable bonds is 10. The summed E-state index contributed by atoms with van der Waals surface area (Å²) in [5.41, 5.74) is 0.864. The summed E-state index contributed by atoms with van der Waals surface area (Å²) in [5.74, 6) is 1.79. The minimum atomic E-state index is -1.18. The van der Waals surface area contributed by atoms with Crippen LogP contribution >= 0.6 is 11.6 Å². The van der Waals surface area contributed by atoms with Crippen LogP contribution in [0.2, 0.25) is 5.15 Å². The molecule has 0 spiro atoms. The molecule has 0 bridgehead atoms. The fraction of sp³-hybridized carbons (Fsp3) is 0.500. The van der Waals surface area contributed by atoms with Crippen LogP contribution in [-0.4, -0.2) is 36.2 Å². The van der Waals surface area contributed by atoms with Gasteiger partial charge in [0.1, 0.15) is 5.60 Å². The Kier molecular flexibility index (Phi) is 6.39. The highest BCUT2D eigenvalue weighted by Gasteiger charge is 2.46. The average Bonchev–Trinajstić information content (AvgIpc) is 3.53. The molecule has 1 aliphatic heterocycles. The van der Waals surface area contributed by atoms with Crippen molar-refractivity contribution in [3.8, 4) is 17.2 Å². The van der Waals surface area contributed by atoms with Crippen LogP contribution in [0.4, 0.5) is 0 Å². The Hall–Kier alpha value is -2.31. The maximum Gasteiger partial charge on any atom is 0.171 e. The Bertz CT molecular complexity index is 975. The van der Waals surface area contributed by atoms with Crippen molar-refractivity contribution < 1.29 is 24.1 Å². The molecule has 31 heavy (non-hydrogen) atoms. The molecule has 1 N–H and O–H groups in total. The third-order valence-electron chi connectivity index (χ3n) is 6.00. The van der Waals surface area contributed by atoms with Crippen molar-refractivity contribution >= 4 is 17.4 Å². The van der Waals surface area contributed by atoms with Gasteiger partial charge in [-0.15, -0.1) is 0 Å². The number of carbonyl (C=O) groups is 1. The van der Waals surface area contributed by atoms with Gasteiger partial charge in [0, 0.05) is 24.0 Å². The van der Waals surface area contributed by atoms with Gasteiger partial charge in [0.25, 0.3) is 0 Å². The maximum atomic E-state index is 12.9. The van der Waals surface area contributed by atoms with E-state index in [4.69, 9.17) is 25.8 Å². The number of nitrogens with zero attached hydrogens (tertiary/aromatic N) is 1. The van der Waals surface area contributed by atoms with Gasteiger partial charge >= 0.3 is 0 Å². The first-order chi connectivity index (χ1) is 15.0. The third kappa shape index (κ3) is 4.51. The molecule has 1 saturated carbocycles. The predicted molar refractivity (Wildman–Crippen MR) is 117 cm³/mol. The quantitative estimate of drug-likeness (QED) is 0.421. The molecule has 4 rings (SSSR count). The Balaban J connectivity index is 1.51. The second-order valence-corrected chi connectivity index (χ2v) is 8.58. The lowest BCUT2D eigenvalue weighted by Crippen LogP contribution is -2.30. The summed E-state index contributed by atoms with van der Waals surface area (Å²) < 4.78 is 16.6. The van der Waals surface area contributed by atoms with Crippen LogP contribution in [0.5, 0.6) is 17.2 Å². The molecule has 166 valence electrons. The molecule has 1 aromatic heterocycles. The molecule has 2 heterocycles.